The van der Waals surface area contributed by atoms with Crippen molar-refractivity contribution < 1.29 is 4.74 Å². The number of hydrogen-bond acceptors (Lipinski definition) is 2. The molecule has 1 aromatic heterocycles. The number of benzene rings is 1. The number of rotatable bonds is 3. The molecule has 0 spiro atoms. The number of pyridine rings is 1. The minimum atomic E-state index is 0.566. The summed E-state index contributed by atoms with van der Waals surface area (Å²) in [6.07, 6.45) is 1.85. The van der Waals surface area contributed by atoms with Crippen LogP contribution in [0.5, 0.6) is 5.75 Å². The number of hydrogen-bond donors (Lipinski definition) is 0. The Labute approximate surface area is 95.9 Å². The van der Waals surface area contributed by atoms with E-state index < -0.39 is 0 Å². The fourth-order valence-electron chi connectivity index (χ4n) is 1.38. The van der Waals surface area contributed by atoms with Crippen molar-refractivity contribution in [1.29, 1.82) is 0 Å². The van der Waals surface area contributed by atoms with Crippen LogP contribution in [0.2, 0.25) is 0 Å². The van der Waals surface area contributed by atoms with E-state index in [0.29, 0.717) is 6.61 Å². The van der Waals surface area contributed by atoms with Crippen molar-refractivity contribution in [2.45, 2.75) is 20.5 Å². The van der Waals surface area contributed by atoms with Gasteiger partial charge in [0.25, 0.3) is 0 Å². The molecule has 2 aromatic rings. The molecule has 0 radical (unpaired) electrons. The van der Waals surface area contributed by atoms with Gasteiger partial charge in [-0.2, -0.15) is 0 Å². The second-order valence-corrected chi connectivity index (χ2v) is 3.91. The van der Waals surface area contributed by atoms with Gasteiger partial charge in [0.05, 0.1) is 0 Å². The van der Waals surface area contributed by atoms with Crippen LogP contribution >= 0.6 is 0 Å². The predicted octanol–water partition coefficient (Wildman–Crippen LogP) is 3.28. The topological polar surface area (TPSA) is 22.1 Å². The monoisotopic (exact) mass is 213 g/mol. The maximum atomic E-state index is 5.65. The molecule has 0 aliphatic heterocycles. The predicted molar refractivity (Wildman–Crippen MR) is 64.5 cm³/mol. The van der Waals surface area contributed by atoms with Gasteiger partial charge in [-0.25, -0.2) is 0 Å². The summed E-state index contributed by atoms with van der Waals surface area (Å²) in [7, 11) is 0. The first kappa shape index (κ1) is 10.7. The number of nitrogens with zero attached hydrogens (tertiary/aromatic N) is 1. The Kier molecular flexibility index (Phi) is 3.20. The molecule has 2 heteroatoms. The summed E-state index contributed by atoms with van der Waals surface area (Å²) in [4.78, 5) is 4.23. The third-order valence-corrected chi connectivity index (χ3v) is 2.40. The molecule has 0 aliphatic rings. The maximum absolute atomic E-state index is 5.65. The zero-order valence-electron chi connectivity index (χ0n) is 9.60. The Morgan fingerprint density at radius 2 is 1.75 bits per heavy atom. The Balaban J connectivity index is 1.97. The lowest BCUT2D eigenvalue weighted by atomic mass is 10.2. The Morgan fingerprint density at radius 3 is 2.38 bits per heavy atom. The summed E-state index contributed by atoms with van der Waals surface area (Å²) in [5.74, 6) is 0.895. The van der Waals surface area contributed by atoms with Gasteiger partial charge in [0.2, 0.25) is 0 Å². The molecule has 0 bridgehead atoms. The van der Waals surface area contributed by atoms with E-state index >= 15 is 0 Å². The maximum Gasteiger partial charge on any atom is 0.119 e. The van der Waals surface area contributed by atoms with Gasteiger partial charge in [0.1, 0.15) is 12.4 Å². The van der Waals surface area contributed by atoms with E-state index in [2.05, 4.69) is 11.9 Å². The van der Waals surface area contributed by atoms with Crippen LogP contribution in [0.15, 0.2) is 42.6 Å². The Morgan fingerprint density at radius 1 is 1.00 bits per heavy atom. The van der Waals surface area contributed by atoms with Crippen molar-refractivity contribution in [2.75, 3.05) is 0 Å². The van der Waals surface area contributed by atoms with Gasteiger partial charge >= 0.3 is 0 Å². The first-order valence-electron chi connectivity index (χ1n) is 5.35. The zero-order chi connectivity index (χ0) is 11.4. The van der Waals surface area contributed by atoms with E-state index in [1.54, 1.807) is 0 Å². The lowest BCUT2D eigenvalue weighted by Crippen LogP contribution is -1.96. The van der Waals surface area contributed by atoms with Crippen LogP contribution in [0.1, 0.15) is 16.8 Å². The molecule has 0 fully saturated rings. The molecule has 2 rings (SSSR count). The van der Waals surface area contributed by atoms with E-state index in [1.807, 2.05) is 49.5 Å². The molecule has 0 saturated heterocycles. The summed E-state index contributed by atoms with van der Waals surface area (Å²) in [6, 6.07) is 12.1. The van der Waals surface area contributed by atoms with Crippen LogP contribution in [0.25, 0.3) is 0 Å². The lowest BCUT2D eigenvalue weighted by Gasteiger charge is -2.06. The molecule has 16 heavy (non-hydrogen) atoms. The van der Waals surface area contributed by atoms with Crippen molar-refractivity contribution in [3.05, 3.63) is 59.4 Å². The van der Waals surface area contributed by atoms with E-state index in [-0.39, 0.29) is 0 Å². The lowest BCUT2D eigenvalue weighted by molar-refractivity contribution is 0.305. The fourth-order valence-corrected chi connectivity index (χ4v) is 1.38. The highest BCUT2D eigenvalue weighted by Gasteiger charge is 1.96. The van der Waals surface area contributed by atoms with Crippen molar-refractivity contribution in [3.8, 4) is 5.75 Å². The molecule has 0 saturated carbocycles. The quantitative estimate of drug-likeness (QED) is 0.780. The van der Waals surface area contributed by atoms with Gasteiger partial charge in [-0.05, 0) is 32.0 Å². The zero-order valence-corrected chi connectivity index (χ0v) is 9.60. The molecular formula is C14H15NO. The average molecular weight is 213 g/mol. The smallest absolute Gasteiger partial charge is 0.119 e. The van der Waals surface area contributed by atoms with Gasteiger partial charge in [-0.1, -0.05) is 23.8 Å². The standard InChI is InChI=1S/C14H15NO/c1-11-3-7-14(8-4-11)16-10-13-6-5-12(2)15-9-13/h3-9H,10H2,1-2H3. The van der Waals surface area contributed by atoms with Gasteiger partial charge in [-0.15, -0.1) is 0 Å². The van der Waals surface area contributed by atoms with Crippen molar-refractivity contribution in [1.82, 2.24) is 4.98 Å². The molecule has 0 N–H and O–H groups in total. The highest BCUT2D eigenvalue weighted by molar-refractivity contribution is 5.26. The van der Waals surface area contributed by atoms with Crippen molar-refractivity contribution in [2.24, 2.45) is 0 Å². The number of aromatic nitrogens is 1. The van der Waals surface area contributed by atoms with E-state index in [4.69, 9.17) is 4.74 Å². The van der Waals surface area contributed by atoms with Crippen LogP contribution in [0.4, 0.5) is 0 Å². The highest BCUT2D eigenvalue weighted by atomic mass is 16.5. The summed E-state index contributed by atoms with van der Waals surface area (Å²) in [5.41, 5.74) is 3.36. The van der Waals surface area contributed by atoms with Crippen LogP contribution in [0, 0.1) is 13.8 Å². The Bertz CT molecular complexity index is 400. The molecule has 1 heterocycles. The van der Waals surface area contributed by atoms with Gasteiger partial charge in [0.15, 0.2) is 0 Å². The molecule has 82 valence electrons. The summed E-state index contributed by atoms with van der Waals surface area (Å²) >= 11 is 0. The largest absolute Gasteiger partial charge is 0.489 e. The third kappa shape index (κ3) is 2.83. The van der Waals surface area contributed by atoms with Gasteiger partial charge in [-0.3, -0.25) is 4.98 Å². The molecule has 0 amide bonds. The van der Waals surface area contributed by atoms with Crippen molar-refractivity contribution >= 4 is 0 Å². The fraction of sp³-hybridized carbons (Fsp3) is 0.214. The normalized spacial score (nSPS) is 10.1. The summed E-state index contributed by atoms with van der Waals surface area (Å²) in [6.45, 7) is 4.61. The Hall–Kier alpha value is -1.83. The molecule has 0 aliphatic carbocycles. The average Bonchev–Trinajstić information content (AvgIpc) is 2.30. The van der Waals surface area contributed by atoms with Gasteiger partial charge in [0, 0.05) is 17.5 Å². The number of aryl methyl sites for hydroxylation is 2. The van der Waals surface area contributed by atoms with E-state index in [9.17, 15) is 0 Å². The van der Waals surface area contributed by atoms with Gasteiger partial charge < -0.3 is 4.74 Å². The van der Waals surface area contributed by atoms with Crippen molar-refractivity contribution in [3.63, 3.8) is 0 Å². The molecule has 0 atom stereocenters. The van der Waals surface area contributed by atoms with Crippen LogP contribution in [0.3, 0.4) is 0 Å². The van der Waals surface area contributed by atoms with Crippen LogP contribution in [-0.2, 0) is 6.61 Å². The summed E-state index contributed by atoms with van der Waals surface area (Å²) in [5, 5.41) is 0. The molecular weight excluding hydrogens is 198 g/mol. The first-order chi connectivity index (χ1) is 7.74. The van der Waals surface area contributed by atoms with E-state index in [0.717, 1.165) is 17.0 Å². The third-order valence-electron chi connectivity index (χ3n) is 2.40. The minimum absolute atomic E-state index is 0.566. The highest BCUT2D eigenvalue weighted by Crippen LogP contribution is 2.13. The second-order valence-electron chi connectivity index (χ2n) is 3.91. The summed E-state index contributed by atoms with van der Waals surface area (Å²) < 4.78 is 5.65. The second kappa shape index (κ2) is 4.79. The van der Waals surface area contributed by atoms with Crippen LogP contribution < -0.4 is 4.74 Å². The minimum Gasteiger partial charge on any atom is -0.489 e. The molecule has 1 aromatic carbocycles. The first-order valence-corrected chi connectivity index (χ1v) is 5.35. The molecule has 2 nitrogen and oxygen atoms in total. The van der Waals surface area contributed by atoms with Crippen LogP contribution in [-0.4, -0.2) is 4.98 Å². The van der Waals surface area contributed by atoms with E-state index in [1.165, 1.54) is 5.56 Å². The SMILES string of the molecule is Cc1ccc(OCc2ccc(C)nc2)cc1. The molecule has 0 unspecified atom stereocenters. The number of ether oxygens (including phenoxy) is 1.